The second kappa shape index (κ2) is 24.5. The summed E-state index contributed by atoms with van der Waals surface area (Å²) in [5, 5.41) is 64.1. The number of aryl methyl sites for hydroxylation is 5. The van der Waals surface area contributed by atoms with Gasteiger partial charge in [-0.1, -0.05) is 97.9 Å². The van der Waals surface area contributed by atoms with E-state index in [0.29, 0.717) is 88.9 Å². The molecule has 9 aromatic rings. The van der Waals surface area contributed by atoms with Crippen molar-refractivity contribution in [2.24, 2.45) is 29.6 Å². The molecule has 382 valence electrons. The van der Waals surface area contributed by atoms with Crippen molar-refractivity contribution in [1.29, 1.82) is 0 Å². The zero-order valence-corrected chi connectivity index (χ0v) is 43.0. The van der Waals surface area contributed by atoms with Gasteiger partial charge < -0.3 is 51.0 Å². The van der Waals surface area contributed by atoms with Crippen LogP contribution in [0, 0.1) is 30.9 Å². The maximum absolute atomic E-state index is 11.1. The molecule has 0 bridgehead atoms. The number of hydrogen-bond acceptors (Lipinski definition) is 16. The fourth-order valence-corrected chi connectivity index (χ4v) is 8.38. The van der Waals surface area contributed by atoms with Gasteiger partial charge in [-0.15, -0.1) is 0 Å². The van der Waals surface area contributed by atoms with Gasteiger partial charge >= 0.3 is 0 Å². The summed E-state index contributed by atoms with van der Waals surface area (Å²) in [6.07, 6.45) is 6.70. The number of nitrogens with zero attached hydrogens (tertiary/aromatic N) is 9. The van der Waals surface area contributed by atoms with Gasteiger partial charge in [-0.05, 0) is 105 Å². The van der Waals surface area contributed by atoms with Crippen molar-refractivity contribution < 1.29 is 25.1 Å². The highest BCUT2D eigenvalue weighted by Crippen LogP contribution is 2.32. The van der Waals surface area contributed by atoms with Crippen LogP contribution in [0.2, 0.25) is 15.1 Å². The number of nitrogens with two attached hydrogens (primary N) is 1. The molecule has 22 heteroatoms. The van der Waals surface area contributed by atoms with E-state index in [1.54, 1.807) is 109 Å². The number of nitrogens with one attached hydrogen (secondary N) is 3. The Morgan fingerprint density at radius 1 is 0.613 bits per heavy atom. The normalized spacial score (nSPS) is 11.5. The van der Waals surface area contributed by atoms with Gasteiger partial charge in [-0.25, -0.2) is 9.97 Å². The van der Waals surface area contributed by atoms with Gasteiger partial charge in [0.15, 0.2) is 23.1 Å². The lowest BCUT2D eigenvalue weighted by Gasteiger charge is -2.12. The average molecular weight is 1070 g/mol. The van der Waals surface area contributed by atoms with Crippen LogP contribution < -0.4 is 21.7 Å². The molecule has 0 aliphatic carbocycles. The van der Waals surface area contributed by atoms with Crippen molar-refractivity contribution in [2.45, 2.75) is 20.8 Å². The maximum atomic E-state index is 11.1. The molecule has 3 heterocycles. The van der Waals surface area contributed by atoms with E-state index in [4.69, 9.17) is 45.1 Å². The third-order valence-electron chi connectivity index (χ3n) is 11.4. The lowest BCUT2D eigenvalue weighted by atomic mass is 10.0. The molecule has 8 N–H and O–H groups in total. The first-order valence-electron chi connectivity index (χ1n) is 22.5. The van der Waals surface area contributed by atoms with Gasteiger partial charge in [-0.2, -0.15) is 0 Å². The summed E-state index contributed by atoms with van der Waals surface area (Å²) in [7, 11) is 3.58. The molecule has 0 amide bonds. The first-order valence-corrected chi connectivity index (χ1v) is 23.6. The van der Waals surface area contributed by atoms with E-state index < -0.39 is 4.92 Å². The number of imidazole rings is 2. The van der Waals surface area contributed by atoms with E-state index in [1.807, 2.05) is 80.7 Å². The minimum Gasteiger partial charge on any atom is -0.410 e. The number of aromatic nitrogens is 5. The van der Waals surface area contributed by atoms with Crippen LogP contribution in [0.5, 0.6) is 0 Å². The van der Waals surface area contributed by atoms with Crippen molar-refractivity contribution >= 4 is 97.4 Å². The number of para-hydroxylation sites is 5. The predicted molar refractivity (Wildman–Crippen MR) is 294 cm³/mol. The van der Waals surface area contributed by atoms with Gasteiger partial charge in [0.2, 0.25) is 0 Å². The molecule has 0 unspecified atom stereocenters. The quantitative estimate of drug-likeness (QED) is 0.0186. The third kappa shape index (κ3) is 12.7. The molecular weight excluding hydrogens is 1020 g/mol. The van der Waals surface area contributed by atoms with E-state index in [9.17, 15) is 25.7 Å². The molecule has 3 aromatic heterocycles. The van der Waals surface area contributed by atoms with Crippen LogP contribution in [-0.2, 0) is 14.1 Å². The lowest BCUT2D eigenvalue weighted by Crippen LogP contribution is -2.11. The fraction of sp³-hybridized carbons (Fsp3) is 0.0943. The molecule has 0 aliphatic heterocycles. The van der Waals surface area contributed by atoms with Crippen LogP contribution in [0.1, 0.15) is 50.9 Å². The Hall–Kier alpha value is -9.17. The summed E-state index contributed by atoms with van der Waals surface area (Å²) in [6, 6.07) is 37.6. The molecular formula is C53H48Cl3N13O6. The van der Waals surface area contributed by atoms with Gasteiger partial charge in [0, 0.05) is 84.4 Å². The Morgan fingerprint density at radius 3 is 1.45 bits per heavy atom. The van der Waals surface area contributed by atoms with Crippen LogP contribution in [0.4, 0.5) is 45.5 Å². The highest BCUT2D eigenvalue weighted by molar-refractivity contribution is 6.37. The zero-order chi connectivity index (χ0) is 53.8. The van der Waals surface area contributed by atoms with Crippen molar-refractivity contribution in [3.63, 3.8) is 0 Å². The molecule has 9 rings (SSSR count). The number of anilines is 7. The van der Waals surface area contributed by atoms with Crippen molar-refractivity contribution in [3.05, 3.63) is 228 Å². The predicted octanol–water partition coefficient (Wildman–Crippen LogP) is 12.8. The number of rotatable bonds is 13. The summed E-state index contributed by atoms with van der Waals surface area (Å²) < 4.78 is 8.61. The van der Waals surface area contributed by atoms with Crippen molar-refractivity contribution in [1.82, 2.24) is 24.3 Å². The van der Waals surface area contributed by atoms with Gasteiger partial charge in [0.25, 0.3) is 5.69 Å². The van der Waals surface area contributed by atoms with Crippen LogP contribution in [-0.4, -0.2) is 61.9 Å². The smallest absolute Gasteiger partial charge is 0.292 e. The monoisotopic (exact) mass is 1070 g/mol. The van der Waals surface area contributed by atoms with Gasteiger partial charge in [0.05, 0.1) is 42.6 Å². The third-order valence-corrected chi connectivity index (χ3v) is 12.3. The van der Waals surface area contributed by atoms with Gasteiger partial charge in [0.1, 0.15) is 17.2 Å². The van der Waals surface area contributed by atoms with E-state index in [0.717, 1.165) is 28.3 Å². The zero-order valence-electron chi connectivity index (χ0n) is 40.7. The first-order chi connectivity index (χ1) is 36.1. The number of nitrogen functional groups attached to an aromatic ring is 1. The minimum atomic E-state index is -0.462. The number of benzene rings is 6. The Bertz CT molecular complexity index is 3570. The van der Waals surface area contributed by atoms with Crippen molar-refractivity contribution in [2.75, 3.05) is 21.7 Å². The summed E-state index contributed by atoms with van der Waals surface area (Å²) in [4.78, 5) is 19.0. The molecule has 0 atom stereocenters. The number of halogens is 3. The Labute approximate surface area is 445 Å². The molecule has 75 heavy (non-hydrogen) atoms. The highest BCUT2D eigenvalue weighted by Gasteiger charge is 2.22. The number of nitro groups is 1. The summed E-state index contributed by atoms with van der Waals surface area (Å²) in [5.41, 5.74) is 15.8. The molecule has 0 saturated carbocycles. The summed E-state index contributed by atoms with van der Waals surface area (Å²) >= 11 is 19.2. The number of nitro benzene ring substituents is 1. The Kier molecular flexibility index (Phi) is 17.5. The Balaban J connectivity index is 0.000000164. The first kappa shape index (κ1) is 53.6. The number of hydrogen-bond donors (Lipinski definition) is 7. The molecule has 0 radical (unpaired) electrons. The average Bonchev–Trinajstić information content (AvgIpc) is 4.12. The van der Waals surface area contributed by atoms with Gasteiger partial charge in [-0.3, -0.25) is 10.1 Å². The SMILES string of the molecule is Cc1ccccc1Nc1ccc(C(=NO)c2c(C)noc2C)c(Cl)c1.Cn1ccnc1C(=NO)c1ccc(Nc2ccccc2N)cc1Cl.Cn1ccnc1C(=NO)c1ccc(Nc2ccccc2[N+](=O)[O-])cc1Cl. The maximum Gasteiger partial charge on any atom is 0.292 e. The topological polar surface area (TPSA) is 265 Å². The highest BCUT2D eigenvalue weighted by atomic mass is 35.5. The molecule has 0 aliphatic rings. The lowest BCUT2D eigenvalue weighted by molar-refractivity contribution is -0.383. The molecule has 6 aromatic carbocycles. The van der Waals surface area contributed by atoms with E-state index in [-0.39, 0.29) is 11.4 Å². The second-order valence-electron chi connectivity index (χ2n) is 16.4. The summed E-state index contributed by atoms with van der Waals surface area (Å²) in [5.74, 6) is 1.55. The van der Waals surface area contributed by atoms with Crippen LogP contribution in [0.3, 0.4) is 0 Å². The minimum absolute atomic E-state index is 0.0432. The molecule has 0 fully saturated rings. The Morgan fingerprint density at radius 2 is 1.04 bits per heavy atom. The van der Waals surface area contributed by atoms with Crippen LogP contribution in [0.25, 0.3) is 0 Å². The number of oxime groups is 3. The standard InChI is InChI=1S/C19H18ClN3O2.C17H14ClN5O3.C17H16ClN5O/c1-11-6-4-5-7-17(11)21-14-8-9-15(16(20)10-14)19(22-24)18-12(2)23-25-13(18)3;1-22-9-8-19-17(22)16(21-24)12-7-6-11(10-13(12)18)20-14-4-2-3-5-15(14)23(25)26;1-23-9-8-20-17(23)16(22-24)12-7-6-11(10-13(12)18)21-15-5-3-2-4-14(15)19/h4-10,21,24H,1-3H3;2-10,20,24H,1H3;2-10,21,24H,19H2,1H3. The fourth-order valence-electron chi connectivity index (χ4n) is 7.57. The molecule has 19 nitrogen and oxygen atoms in total. The van der Waals surface area contributed by atoms with Crippen LogP contribution in [0.15, 0.2) is 172 Å². The van der Waals surface area contributed by atoms with Crippen LogP contribution >= 0.6 is 34.8 Å². The second-order valence-corrected chi connectivity index (χ2v) is 17.6. The van der Waals surface area contributed by atoms with E-state index in [1.165, 1.54) is 6.07 Å². The van der Waals surface area contributed by atoms with Crippen molar-refractivity contribution in [3.8, 4) is 0 Å². The molecule has 0 spiro atoms. The largest absolute Gasteiger partial charge is 0.410 e. The van der Waals surface area contributed by atoms with E-state index in [2.05, 4.69) is 46.5 Å². The van der Waals surface area contributed by atoms with E-state index >= 15 is 0 Å². The summed E-state index contributed by atoms with van der Waals surface area (Å²) in [6.45, 7) is 5.59. The molecule has 0 saturated heterocycles.